The molecular weight excluding hydrogens is 2050 g/mol. The first-order valence-electron chi connectivity index (χ1n) is 26.4. The Morgan fingerprint density at radius 2 is 0.182 bits per heavy atom. The second-order valence-electron chi connectivity index (χ2n) is 16.6. The van der Waals surface area contributed by atoms with E-state index in [1.807, 2.05) is 0 Å². The predicted molar refractivity (Wildman–Crippen MR) is 305 cm³/mol. The van der Waals surface area contributed by atoms with Gasteiger partial charge < -0.3 is 233 Å². The van der Waals surface area contributed by atoms with Gasteiger partial charge in [-0.3, -0.25) is 0 Å². The second kappa shape index (κ2) is 289. The Hall–Kier alpha value is 5.13. The van der Waals surface area contributed by atoms with Crippen LogP contribution in [0.2, 0.25) is 0 Å². The summed E-state index contributed by atoms with van der Waals surface area (Å²) in [7, 11) is 0. The van der Waals surface area contributed by atoms with Crippen LogP contribution >= 0.6 is 0 Å². The molecular formula is C52H130Mn6N6O38V8-44. The van der Waals surface area contributed by atoms with Gasteiger partial charge in [0.1, 0.15) is 0 Å². The Kier molecular flexibility index (Phi) is 1130. The van der Waals surface area contributed by atoms with E-state index >= 15 is 0 Å². The molecule has 0 atom stereocenters. The molecule has 0 heterocycles. The zero-order valence-corrected chi connectivity index (χ0v) is 86.5. The second-order valence-corrected chi connectivity index (χ2v) is 16.6. The third-order valence-electron chi connectivity index (χ3n) is 16.1. The monoisotopic (exact) mass is 2180 g/mol. The molecule has 0 aromatic rings. The van der Waals surface area contributed by atoms with Gasteiger partial charge in [0, 0.05) is 189 Å². The van der Waals surface area contributed by atoms with Crippen LogP contribution in [0.15, 0.2) is 0 Å². The summed E-state index contributed by atoms with van der Waals surface area (Å²) in [6.45, 7) is 87.3. The average Bonchev–Trinajstić information content (AvgIpc) is 3.30. The van der Waals surface area contributed by atoms with Gasteiger partial charge in [-0.1, -0.05) is 0 Å². The Bertz CT molecular complexity index is 759. The summed E-state index contributed by atoms with van der Waals surface area (Å²) >= 11 is 0. The van der Waals surface area contributed by atoms with E-state index < -0.39 is 11.9 Å². The van der Waals surface area contributed by atoms with Crippen LogP contribution in [0, 0.1) is 0 Å². The fourth-order valence-corrected chi connectivity index (χ4v) is 8.05. The molecule has 0 saturated heterocycles. The summed E-state index contributed by atoms with van der Waals surface area (Å²) in [6.07, 6.45) is 0. The van der Waals surface area contributed by atoms with Gasteiger partial charge in [0.15, 0.2) is 0 Å². The molecule has 0 bridgehead atoms. The molecule has 722 valence electrons. The zero-order valence-electron chi connectivity index (χ0n) is 68.2. The quantitative estimate of drug-likeness (QED) is 0.104. The molecule has 14 radical (unpaired) electrons. The summed E-state index contributed by atoms with van der Waals surface area (Å²) in [6, 6.07) is 0. The molecule has 4 N–H and O–H groups in total. The molecule has 58 heteroatoms. The van der Waals surface area contributed by atoms with Gasteiger partial charge in [-0.15, -0.1) is 0 Å². The van der Waals surface area contributed by atoms with Gasteiger partial charge in [0.2, 0.25) is 0 Å². The summed E-state index contributed by atoms with van der Waals surface area (Å²) in [5.74, 6) is -2.17. The number of aliphatic carboxylic acids is 2. The van der Waals surface area contributed by atoms with Gasteiger partial charge in [-0.05, 0) is 180 Å². The van der Waals surface area contributed by atoms with Gasteiger partial charge in [-0.2, -0.15) is 0 Å². The fraction of sp³-hybridized carbons (Fsp3) is 0.962. The number of hydrogen-bond donors (Lipinski definition) is 0. The van der Waals surface area contributed by atoms with Gasteiger partial charge in [0.05, 0.1) is 157 Å². The molecule has 0 aromatic heterocycles. The van der Waals surface area contributed by atoms with Crippen LogP contribution in [-0.4, -0.2) is 207 Å². The van der Waals surface area contributed by atoms with E-state index in [2.05, 4.69) is 166 Å². The molecule has 0 aliphatic heterocycles. The van der Waals surface area contributed by atoms with E-state index in [1.54, 1.807) is 0 Å². The number of rotatable bonds is 24. The van der Waals surface area contributed by atoms with Crippen molar-refractivity contribution in [2.24, 2.45) is 0 Å². The summed E-state index contributed by atoms with van der Waals surface area (Å²) < 4.78 is 7.67. The number of carboxylic acids is 2. The Labute approximate surface area is 824 Å². The molecule has 0 aliphatic rings. The first kappa shape index (κ1) is 429. The molecule has 0 unspecified atom stereocenters. The van der Waals surface area contributed by atoms with Crippen LogP contribution in [0.5, 0.6) is 0 Å². The van der Waals surface area contributed by atoms with Gasteiger partial charge in [0.25, 0.3) is 0 Å². The van der Waals surface area contributed by atoms with E-state index in [0.29, 0.717) is 0 Å². The Morgan fingerprint density at radius 1 is 0.164 bits per heavy atom. The van der Waals surface area contributed by atoms with Crippen LogP contribution < -0.4 is 10.2 Å². The Morgan fingerprint density at radius 3 is 0.182 bits per heavy atom. The Balaban J connectivity index is -0.00000000532. The van der Waals surface area contributed by atoms with Crippen molar-refractivity contribution >= 4 is 11.9 Å². The van der Waals surface area contributed by atoms with Gasteiger partial charge >= 0.3 is 74.2 Å². The summed E-state index contributed by atoms with van der Waals surface area (Å²) in [5, 5.41) is 17.8. The number of nitrogens with zero attached hydrogens (tertiary/aromatic N) is 6. The fourth-order valence-electron chi connectivity index (χ4n) is 8.05. The average molecular weight is 2180 g/mol. The maximum Gasteiger partial charge on any atom is 4.00 e. The molecule has 0 rings (SSSR count). The first-order valence-corrected chi connectivity index (χ1v) is 26.4. The summed E-state index contributed by atoms with van der Waals surface area (Å²) in [4.78, 5) is 17.8. The third-order valence-corrected chi connectivity index (χ3v) is 16.1. The molecule has 0 fully saturated rings. The van der Waals surface area contributed by atoms with E-state index in [1.165, 1.54) is 184 Å². The van der Waals surface area contributed by atoms with Crippen molar-refractivity contribution in [1.29, 1.82) is 0 Å². The van der Waals surface area contributed by atoms with Crippen molar-refractivity contribution in [1.82, 2.24) is 0 Å². The molecule has 0 spiro atoms. The summed E-state index contributed by atoms with van der Waals surface area (Å²) in [5.41, 5.74) is 0. The largest absolute Gasteiger partial charge is 4.00 e. The predicted octanol–water partition coefficient (Wildman–Crippen LogP) is 3.32. The van der Waals surface area contributed by atoms with E-state index in [-0.39, 0.29) is 437 Å². The van der Waals surface area contributed by atoms with Crippen LogP contribution in [0.25, 0.3) is 0 Å². The standard InChI is InChI=1S/6C8H20N.2C2H4O2.6Mn.2H2O.32O.8V/c6*1-5-9(6-2,7-3)8-4;2*1-2(3)4;;;;;;;;;;;;;;;;;;;;;;;;;;;;;;;;;;;;;;;;;;;;;;;;/h6*5-8H2,1-4H3;2*1H3,(H,3,4);;;;;;;2*1H2;;;;;;;;;;;;;;;;;;;;;;;;;;;;;;;;;;;;;;;;/q6*+1;;;;;;;;;;;32*-2;;;;;4*+4/p-2. The molecule has 110 heavy (non-hydrogen) atoms. The smallest absolute Gasteiger partial charge is 2.00 e. The van der Waals surface area contributed by atoms with Gasteiger partial charge in [-0.25, -0.2) is 0 Å². The molecule has 44 nitrogen and oxygen atoms in total. The van der Waals surface area contributed by atoms with Crippen LogP contribution in [0.1, 0.15) is 180 Å². The minimum Gasteiger partial charge on any atom is -2.00 e. The molecule has 0 saturated carbocycles. The zero-order chi connectivity index (χ0) is 51.1. The van der Waals surface area contributed by atoms with Crippen LogP contribution in [0.4, 0.5) is 0 Å². The van der Waals surface area contributed by atoms with Crippen molar-refractivity contribution in [2.75, 3.05) is 157 Å². The van der Waals surface area contributed by atoms with E-state index in [4.69, 9.17) is 19.8 Å². The minimum absolute atomic E-state index is 0. The number of hydrogen-bond acceptors (Lipinski definition) is 4. The topological polar surface area (TPSA) is 1060 Å². The van der Waals surface area contributed by atoms with Crippen molar-refractivity contribution in [3.8, 4) is 0 Å². The minimum atomic E-state index is -1.08. The normalized spacial score (nSPS) is 6.35. The number of carbonyl (C=O) groups excluding carboxylic acids is 2. The maximum atomic E-state index is 8.89. The van der Waals surface area contributed by atoms with Crippen LogP contribution in [0.3, 0.4) is 0 Å². The number of quaternary nitrogens is 6. The first-order chi connectivity index (χ1) is 28.9. The number of carboxylic acid groups (broad SMARTS) is 2. The molecule has 0 aromatic carbocycles. The number of carbonyl (C=O) groups is 2. The van der Waals surface area contributed by atoms with Crippen molar-refractivity contribution in [3.63, 3.8) is 0 Å². The van der Waals surface area contributed by atoms with E-state index in [9.17, 15) is 0 Å². The van der Waals surface area contributed by atoms with Crippen molar-refractivity contribution < 1.29 is 484 Å². The third kappa shape index (κ3) is 239. The van der Waals surface area contributed by atoms with Crippen molar-refractivity contribution in [2.45, 2.75) is 180 Å². The van der Waals surface area contributed by atoms with Crippen molar-refractivity contribution in [3.05, 3.63) is 0 Å². The molecule has 0 amide bonds. The van der Waals surface area contributed by atoms with E-state index in [0.717, 1.165) is 13.8 Å². The van der Waals surface area contributed by atoms with Crippen LogP contribution in [-0.2, 0) is 436 Å². The SMILES string of the molecule is CC(=O)[O-].CC(=O)[O-].CC[N+](CC)(CC)CC.CC[N+](CC)(CC)CC.CC[N+](CC)(CC)CC.CC[N+](CC)(CC)CC.CC[N+](CC)(CC)CC.CC[N+](CC)(CC)CC.O.O.[Mn].[Mn].[Mn].[Mn].[Mn].[Mn].[O-2].[O-2].[O-2].[O-2].[O-2].[O-2].[O-2].[O-2].[O-2].[O-2].[O-2].[O-2].[O-2].[O-2].[O-2].[O-2].[O-2].[O-2].[O-2].[O-2].[O-2].[O-2].[O-2].[O-2].[O-2].[O-2].[O-2].[O-2].[O-2].[O-2].[O-2].[O-2].[V+4].[V+4].[V+4].[V+4].[V].[V].[V].[V]. The maximum absolute atomic E-state index is 8.89. The molecule has 0 aliphatic carbocycles.